The highest BCUT2D eigenvalue weighted by molar-refractivity contribution is 6.27. The zero-order valence-corrected chi connectivity index (χ0v) is 11.6. The van der Waals surface area contributed by atoms with Gasteiger partial charge in [-0.15, -0.1) is 11.6 Å². The number of halogens is 1. The molecule has 4 nitrogen and oxygen atoms in total. The highest BCUT2D eigenvalue weighted by Crippen LogP contribution is 2.05. The first-order chi connectivity index (χ1) is 9.69. The number of nitrogens with one attached hydrogen (secondary N) is 1. The molecule has 1 heterocycles. The summed E-state index contributed by atoms with van der Waals surface area (Å²) in [6.45, 7) is 0.991. The second-order valence-electron chi connectivity index (χ2n) is 4.39. The van der Waals surface area contributed by atoms with Gasteiger partial charge < -0.3 is 9.88 Å². The third-order valence-electron chi connectivity index (χ3n) is 2.89. The molecule has 5 heteroatoms. The Kier molecular flexibility index (Phi) is 4.96. The molecule has 104 valence electrons. The Balaban J connectivity index is 2.00. The number of carbonyl (C=O) groups excluding carboxylic acids is 1. The van der Waals surface area contributed by atoms with Crippen LogP contribution in [0.3, 0.4) is 0 Å². The molecule has 0 aliphatic rings. The van der Waals surface area contributed by atoms with Crippen LogP contribution in [0.15, 0.2) is 53.5 Å². The van der Waals surface area contributed by atoms with E-state index in [-0.39, 0.29) is 17.3 Å². The fraction of sp³-hybridized carbons (Fsp3) is 0.200. The minimum absolute atomic E-state index is 0.0223. The molecule has 0 spiro atoms. The van der Waals surface area contributed by atoms with Crippen molar-refractivity contribution in [2.75, 3.05) is 5.88 Å². The minimum atomic E-state index is -0.188. The number of carbonyl (C=O) groups is 1. The summed E-state index contributed by atoms with van der Waals surface area (Å²) in [6.07, 6.45) is 1.76. The van der Waals surface area contributed by atoms with E-state index in [9.17, 15) is 9.59 Å². The lowest BCUT2D eigenvalue weighted by Gasteiger charge is -2.07. The van der Waals surface area contributed by atoms with Gasteiger partial charge >= 0.3 is 0 Å². The normalized spacial score (nSPS) is 10.2. The van der Waals surface area contributed by atoms with Gasteiger partial charge in [0.05, 0.1) is 6.54 Å². The van der Waals surface area contributed by atoms with Crippen LogP contribution in [0, 0.1) is 0 Å². The number of hydrogen-bond donors (Lipinski definition) is 1. The standard InChI is InChI=1S/C15H15ClN2O2/c16-9-14(19)17-10-12-4-6-13(7-5-12)11-18-8-2-1-3-15(18)20/h1-8H,9-11H2,(H,17,19). The Morgan fingerprint density at radius 2 is 1.80 bits per heavy atom. The van der Waals surface area contributed by atoms with Gasteiger partial charge in [-0.3, -0.25) is 9.59 Å². The molecule has 0 atom stereocenters. The predicted octanol–water partition coefficient (Wildman–Crippen LogP) is 1.75. The van der Waals surface area contributed by atoms with E-state index < -0.39 is 0 Å². The molecule has 20 heavy (non-hydrogen) atoms. The number of rotatable bonds is 5. The highest BCUT2D eigenvalue weighted by Gasteiger charge is 2.00. The number of alkyl halides is 1. The molecule has 0 fully saturated rings. The Morgan fingerprint density at radius 1 is 1.10 bits per heavy atom. The summed E-state index contributed by atoms with van der Waals surface area (Å²) < 4.78 is 1.64. The average molecular weight is 291 g/mol. The van der Waals surface area contributed by atoms with Gasteiger partial charge in [0.15, 0.2) is 0 Å². The molecule has 2 rings (SSSR count). The number of benzene rings is 1. The summed E-state index contributed by atoms with van der Waals surface area (Å²) in [5.41, 5.74) is 2.00. The monoisotopic (exact) mass is 290 g/mol. The van der Waals surface area contributed by atoms with Crippen molar-refractivity contribution in [3.05, 3.63) is 70.1 Å². The highest BCUT2D eigenvalue weighted by atomic mass is 35.5. The van der Waals surface area contributed by atoms with Gasteiger partial charge in [-0.2, -0.15) is 0 Å². The van der Waals surface area contributed by atoms with Gasteiger partial charge in [-0.1, -0.05) is 30.3 Å². The second-order valence-corrected chi connectivity index (χ2v) is 4.66. The number of amides is 1. The molecule has 1 aromatic carbocycles. The fourth-order valence-corrected chi connectivity index (χ4v) is 1.89. The van der Waals surface area contributed by atoms with E-state index in [1.54, 1.807) is 16.8 Å². The Hall–Kier alpha value is -2.07. The Morgan fingerprint density at radius 3 is 2.45 bits per heavy atom. The van der Waals surface area contributed by atoms with Gasteiger partial charge in [-0.25, -0.2) is 0 Å². The van der Waals surface area contributed by atoms with Crippen molar-refractivity contribution in [2.24, 2.45) is 0 Å². The lowest BCUT2D eigenvalue weighted by atomic mass is 10.1. The molecule has 0 saturated carbocycles. The Bertz CT molecular complexity index is 635. The summed E-state index contributed by atoms with van der Waals surface area (Å²) in [6, 6.07) is 12.8. The summed E-state index contributed by atoms with van der Waals surface area (Å²) in [7, 11) is 0. The van der Waals surface area contributed by atoms with E-state index in [4.69, 9.17) is 11.6 Å². The molecule has 0 bridgehead atoms. The van der Waals surface area contributed by atoms with E-state index in [0.717, 1.165) is 11.1 Å². The molecule has 1 N–H and O–H groups in total. The molecule has 0 aliphatic carbocycles. The Labute approximate surface area is 122 Å². The summed E-state index contributed by atoms with van der Waals surface area (Å²) in [5.74, 6) is -0.221. The maximum Gasteiger partial charge on any atom is 0.250 e. The molecular formula is C15H15ClN2O2. The van der Waals surface area contributed by atoms with Crippen molar-refractivity contribution in [2.45, 2.75) is 13.1 Å². The topological polar surface area (TPSA) is 51.1 Å². The summed E-state index contributed by atoms with van der Waals surface area (Å²) in [4.78, 5) is 22.7. The van der Waals surface area contributed by atoms with Crippen LogP contribution in [0.4, 0.5) is 0 Å². The number of hydrogen-bond acceptors (Lipinski definition) is 2. The lowest BCUT2D eigenvalue weighted by Crippen LogP contribution is -2.23. The minimum Gasteiger partial charge on any atom is -0.351 e. The van der Waals surface area contributed by atoms with Crippen LogP contribution in [0.1, 0.15) is 11.1 Å². The van der Waals surface area contributed by atoms with Crippen molar-refractivity contribution in [1.82, 2.24) is 9.88 Å². The molecule has 0 radical (unpaired) electrons. The van der Waals surface area contributed by atoms with Crippen LogP contribution in [0.25, 0.3) is 0 Å². The molecule has 1 amide bonds. The first kappa shape index (κ1) is 14.3. The van der Waals surface area contributed by atoms with E-state index in [1.807, 2.05) is 30.3 Å². The van der Waals surface area contributed by atoms with Crippen molar-refractivity contribution in [3.63, 3.8) is 0 Å². The first-order valence-corrected chi connectivity index (χ1v) is 6.78. The summed E-state index contributed by atoms with van der Waals surface area (Å²) in [5, 5.41) is 2.70. The van der Waals surface area contributed by atoms with Crippen molar-refractivity contribution < 1.29 is 4.79 Å². The third kappa shape index (κ3) is 3.96. The maximum atomic E-state index is 11.6. The van der Waals surface area contributed by atoms with Crippen LogP contribution in [-0.4, -0.2) is 16.4 Å². The zero-order valence-electron chi connectivity index (χ0n) is 10.9. The van der Waals surface area contributed by atoms with E-state index >= 15 is 0 Å². The molecule has 0 aliphatic heterocycles. The van der Waals surface area contributed by atoms with Crippen LogP contribution in [0.2, 0.25) is 0 Å². The predicted molar refractivity (Wildman–Crippen MR) is 78.8 cm³/mol. The van der Waals surface area contributed by atoms with Gasteiger partial charge in [0.2, 0.25) is 5.91 Å². The molecule has 2 aromatic rings. The van der Waals surface area contributed by atoms with Crippen molar-refractivity contribution >= 4 is 17.5 Å². The second kappa shape index (κ2) is 6.91. The maximum absolute atomic E-state index is 11.6. The largest absolute Gasteiger partial charge is 0.351 e. The third-order valence-corrected chi connectivity index (χ3v) is 3.13. The van der Waals surface area contributed by atoms with Crippen LogP contribution in [-0.2, 0) is 17.9 Å². The zero-order chi connectivity index (χ0) is 14.4. The van der Waals surface area contributed by atoms with Gasteiger partial charge in [0, 0.05) is 18.8 Å². The lowest BCUT2D eigenvalue weighted by molar-refractivity contribution is -0.118. The number of nitrogens with zero attached hydrogens (tertiary/aromatic N) is 1. The van der Waals surface area contributed by atoms with E-state index in [0.29, 0.717) is 13.1 Å². The average Bonchev–Trinajstić information content (AvgIpc) is 2.48. The van der Waals surface area contributed by atoms with E-state index in [1.165, 1.54) is 6.07 Å². The number of aromatic nitrogens is 1. The van der Waals surface area contributed by atoms with Crippen LogP contribution in [0.5, 0.6) is 0 Å². The number of pyridine rings is 1. The first-order valence-electron chi connectivity index (χ1n) is 6.25. The van der Waals surface area contributed by atoms with Gasteiger partial charge in [-0.05, 0) is 17.2 Å². The van der Waals surface area contributed by atoms with Crippen LogP contribution < -0.4 is 10.9 Å². The van der Waals surface area contributed by atoms with Gasteiger partial charge in [0.25, 0.3) is 5.56 Å². The molecule has 1 aromatic heterocycles. The van der Waals surface area contributed by atoms with Crippen molar-refractivity contribution in [3.8, 4) is 0 Å². The molecule has 0 unspecified atom stereocenters. The van der Waals surface area contributed by atoms with Crippen LogP contribution >= 0.6 is 11.6 Å². The van der Waals surface area contributed by atoms with E-state index in [2.05, 4.69) is 5.32 Å². The smallest absolute Gasteiger partial charge is 0.250 e. The fourth-order valence-electron chi connectivity index (χ4n) is 1.80. The quantitative estimate of drug-likeness (QED) is 0.853. The molecular weight excluding hydrogens is 276 g/mol. The SMILES string of the molecule is O=C(CCl)NCc1ccc(Cn2ccccc2=O)cc1. The van der Waals surface area contributed by atoms with Crippen molar-refractivity contribution in [1.29, 1.82) is 0 Å². The molecule has 0 saturated heterocycles. The summed E-state index contributed by atoms with van der Waals surface area (Å²) >= 11 is 5.40. The van der Waals surface area contributed by atoms with Gasteiger partial charge in [0.1, 0.15) is 5.88 Å².